The SMILES string of the molecule is CCCc1nc(SC)ncc1C(=O)NCCN1CCN(c2cc(Cl)ccc2C)CC1. The molecule has 0 aliphatic carbocycles. The minimum atomic E-state index is -0.0840. The molecular formula is C22H30ClN5OS. The zero-order chi connectivity index (χ0) is 21.5. The lowest BCUT2D eigenvalue weighted by Crippen LogP contribution is -2.48. The van der Waals surface area contributed by atoms with Crippen LogP contribution in [0, 0.1) is 6.92 Å². The standard InChI is InChI=1S/C22H30ClN5OS/c1-4-5-19-18(15-25-22(26-19)30-3)21(29)24-8-9-27-10-12-28(13-11-27)20-14-17(23)7-6-16(20)2/h6-7,14-15H,4-5,8-13H2,1-3H3,(H,24,29). The van der Waals surface area contributed by atoms with Crippen LogP contribution in [-0.4, -0.2) is 66.3 Å². The molecule has 1 saturated heterocycles. The first-order valence-electron chi connectivity index (χ1n) is 10.4. The van der Waals surface area contributed by atoms with Gasteiger partial charge in [0.25, 0.3) is 5.91 Å². The molecule has 3 rings (SSSR count). The molecule has 1 aliphatic heterocycles. The summed E-state index contributed by atoms with van der Waals surface area (Å²) in [4.78, 5) is 26.2. The number of amides is 1. The van der Waals surface area contributed by atoms with Gasteiger partial charge < -0.3 is 10.2 Å². The maximum absolute atomic E-state index is 12.7. The zero-order valence-electron chi connectivity index (χ0n) is 17.9. The summed E-state index contributed by atoms with van der Waals surface area (Å²) >= 11 is 7.67. The molecular weight excluding hydrogens is 418 g/mol. The molecule has 0 atom stereocenters. The van der Waals surface area contributed by atoms with Crippen molar-refractivity contribution in [3.63, 3.8) is 0 Å². The van der Waals surface area contributed by atoms with E-state index >= 15 is 0 Å². The van der Waals surface area contributed by atoms with E-state index in [2.05, 4.69) is 45.0 Å². The Bertz CT molecular complexity index is 871. The number of aryl methyl sites for hydroxylation is 2. The molecule has 1 N–H and O–H groups in total. The molecule has 1 aliphatic rings. The Balaban J connectivity index is 1.48. The summed E-state index contributed by atoms with van der Waals surface area (Å²) in [7, 11) is 0. The summed E-state index contributed by atoms with van der Waals surface area (Å²) < 4.78 is 0. The van der Waals surface area contributed by atoms with Crippen LogP contribution < -0.4 is 10.2 Å². The predicted molar refractivity (Wildman–Crippen MR) is 125 cm³/mol. The number of nitrogens with zero attached hydrogens (tertiary/aromatic N) is 4. The Hall–Kier alpha value is -1.83. The van der Waals surface area contributed by atoms with Crippen LogP contribution in [0.25, 0.3) is 0 Å². The maximum Gasteiger partial charge on any atom is 0.254 e. The van der Waals surface area contributed by atoms with Gasteiger partial charge in [0.1, 0.15) is 0 Å². The van der Waals surface area contributed by atoms with Crippen molar-refractivity contribution in [1.82, 2.24) is 20.2 Å². The van der Waals surface area contributed by atoms with E-state index in [0.29, 0.717) is 17.3 Å². The summed E-state index contributed by atoms with van der Waals surface area (Å²) in [6, 6.07) is 6.05. The number of halogens is 1. The maximum atomic E-state index is 12.7. The van der Waals surface area contributed by atoms with Gasteiger partial charge in [-0.1, -0.05) is 42.8 Å². The quantitative estimate of drug-likeness (QED) is 0.492. The molecule has 162 valence electrons. The Kier molecular flexibility index (Phi) is 8.36. The van der Waals surface area contributed by atoms with Crippen LogP contribution in [0.3, 0.4) is 0 Å². The fraction of sp³-hybridized carbons (Fsp3) is 0.500. The van der Waals surface area contributed by atoms with Crippen molar-refractivity contribution in [2.24, 2.45) is 0 Å². The van der Waals surface area contributed by atoms with E-state index in [0.717, 1.165) is 56.3 Å². The van der Waals surface area contributed by atoms with E-state index in [1.54, 1.807) is 6.20 Å². The van der Waals surface area contributed by atoms with Crippen molar-refractivity contribution in [3.8, 4) is 0 Å². The van der Waals surface area contributed by atoms with Gasteiger partial charge in [-0.05, 0) is 37.3 Å². The highest BCUT2D eigenvalue weighted by Gasteiger charge is 2.19. The zero-order valence-corrected chi connectivity index (χ0v) is 19.5. The van der Waals surface area contributed by atoms with Crippen molar-refractivity contribution in [2.75, 3.05) is 50.4 Å². The van der Waals surface area contributed by atoms with Crippen molar-refractivity contribution < 1.29 is 4.79 Å². The van der Waals surface area contributed by atoms with E-state index in [1.807, 2.05) is 18.4 Å². The molecule has 8 heteroatoms. The number of benzene rings is 1. The summed E-state index contributed by atoms with van der Waals surface area (Å²) in [5.74, 6) is -0.0840. The monoisotopic (exact) mass is 447 g/mol. The topological polar surface area (TPSA) is 61.4 Å². The lowest BCUT2D eigenvalue weighted by Gasteiger charge is -2.36. The first kappa shape index (κ1) is 22.8. The predicted octanol–water partition coefficient (Wildman–Crippen LogP) is 3.66. The molecule has 0 radical (unpaired) electrons. The fourth-order valence-electron chi connectivity index (χ4n) is 3.67. The molecule has 1 fully saturated rings. The molecule has 0 saturated carbocycles. The number of thioether (sulfide) groups is 1. The third-order valence-electron chi connectivity index (χ3n) is 5.36. The molecule has 0 bridgehead atoms. The number of hydrogen-bond donors (Lipinski definition) is 1. The molecule has 2 aromatic rings. The van der Waals surface area contributed by atoms with Gasteiger partial charge in [-0.3, -0.25) is 9.69 Å². The van der Waals surface area contributed by atoms with Gasteiger partial charge in [0.05, 0.1) is 11.3 Å². The Morgan fingerprint density at radius 3 is 2.73 bits per heavy atom. The van der Waals surface area contributed by atoms with Crippen LogP contribution in [0.2, 0.25) is 5.02 Å². The third kappa shape index (κ3) is 5.86. The van der Waals surface area contributed by atoms with Crippen molar-refractivity contribution >= 4 is 35.0 Å². The minimum Gasteiger partial charge on any atom is -0.369 e. The summed E-state index contributed by atoms with van der Waals surface area (Å²) in [5.41, 5.74) is 3.89. The molecule has 1 amide bonds. The first-order chi connectivity index (χ1) is 14.5. The third-order valence-corrected chi connectivity index (χ3v) is 6.15. The number of aromatic nitrogens is 2. The Labute approximate surface area is 188 Å². The number of rotatable bonds is 8. The lowest BCUT2D eigenvalue weighted by molar-refractivity contribution is 0.0945. The van der Waals surface area contributed by atoms with Crippen molar-refractivity contribution in [2.45, 2.75) is 31.8 Å². The average molecular weight is 448 g/mol. The molecule has 6 nitrogen and oxygen atoms in total. The van der Waals surface area contributed by atoms with Crippen molar-refractivity contribution in [3.05, 3.63) is 46.2 Å². The van der Waals surface area contributed by atoms with Crippen LogP contribution in [0.15, 0.2) is 29.6 Å². The highest BCUT2D eigenvalue weighted by Crippen LogP contribution is 2.25. The molecule has 0 unspecified atom stereocenters. The van der Waals surface area contributed by atoms with E-state index in [1.165, 1.54) is 23.0 Å². The van der Waals surface area contributed by atoms with E-state index in [4.69, 9.17) is 11.6 Å². The number of carbonyl (C=O) groups is 1. The fourth-order valence-corrected chi connectivity index (χ4v) is 4.20. The number of anilines is 1. The Morgan fingerprint density at radius 2 is 2.03 bits per heavy atom. The minimum absolute atomic E-state index is 0.0840. The van der Waals surface area contributed by atoms with Gasteiger partial charge in [-0.25, -0.2) is 9.97 Å². The summed E-state index contributed by atoms with van der Waals surface area (Å²) in [6.07, 6.45) is 5.33. The number of carbonyl (C=O) groups excluding carboxylic acids is 1. The average Bonchev–Trinajstić information content (AvgIpc) is 2.76. The van der Waals surface area contributed by atoms with Gasteiger partial charge in [-0.2, -0.15) is 0 Å². The van der Waals surface area contributed by atoms with E-state index in [9.17, 15) is 4.79 Å². The first-order valence-corrected chi connectivity index (χ1v) is 12.0. The molecule has 1 aromatic carbocycles. The van der Waals surface area contributed by atoms with Gasteiger partial charge in [0, 0.05) is 56.2 Å². The summed E-state index contributed by atoms with van der Waals surface area (Å²) in [5, 5.41) is 4.53. The van der Waals surface area contributed by atoms with Gasteiger partial charge in [0.15, 0.2) is 5.16 Å². The van der Waals surface area contributed by atoms with Crippen LogP contribution >= 0.6 is 23.4 Å². The van der Waals surface area contributed by atoms with Crippen molar-refractivity contribution in [1.29, 1.82) is 0 Å². The largest absolute Gasteiger partial charge is 0.369 e. The number of hydrogen-bond acceptors (Lipinski definition) is 6. The summed E-state index contributed by atoms with van der Waals surface area (Å²) in [6.45, 7) is 9.51. The number of piperazine rings is 1. The second-order valence-corrected chi connectivity index (χ2v) is 8.69. The molecule has 0 spiro atoms. The highest BCUT2D eigenvalue weighted by molar-refractivity contribution is 7.98. The van der Waals surface area contributed by atoms with Gasteiger partial charge in [-0.15, -0.1) is 0 Å². The highest BCUT2D eigenvalue weighted by atomic mass is 35.5. The van der Waals surface area contributed by atoms with E-state index < -0.39 is 0 Å². The van der Waals surface area contributed by atoms with Crippen LogP contribution in [0.1, 0.15) is 35.0 Å². The van der Waals surface area contributed by atoms with E-state index in [-0.39, 0.29) is 5.91 Å². The Morgan fingerprint density at radius 1 is 1.27 bits per heavy atom. The van der Waals surface area contributed by atoms with Crippen LogP contribution in [0.5, 0.6) is 0 Å². The van der Waals surface area contributed by atoms with Crippen LogP contribution in [0.4, 0.5) is 5.69 Å². The number of nitrogens with one attached hydrogen (secondary N) is 1. The molecule has 1 aromatic heterocycles. The smallest absolute Gasteiger partial charge is 0.254 e. The van der Waals surface area contributed by atoms with Gasteiger partial charge >= 0.3 is 0 Å². The second-order valence-electron chi connectivity index (χ2n) is 7.48. The van der Waals surface area contributed by atoms with Crippen LogP contribution in [-0.2, 0) is 6.42 Å². The molecule has 30 heavy (non-hydrogen) atoms. The lowest BCUT2D eigenvalue weighted by atomic mass is 10.1. The normalized spacial score (nSPS) is 14.7. The second kappa shape index (κ2) is 11.0. The molecule has 2 heterocycles. The van der Waals surface area contributed by atoms with Gasteiger partial charge in [0.2, 0.25) is 0 Å².